The van der Waals surface area contributed by atoms with Gasteiger partial charge in [-0.1, -0.05) is 5.21 Å². The van der Waals surface area contributed by atoms with E-state index in [-0.39, 0.29) is 24.7 Å². The molecule has 0 unspecified atom stereocenters. The second-order valence-corrected chi connectivity index (χ2v) is 7.96. The van der Waals surface area contributed by atoms with E-state index in [0.717, 1.165) is 22.2 Å². The normalized spacial score (nSPS) is 16.1. The van der Waals surface area contributed by atoms with Gasteiger partial charge in [0.15, 0.2) is 0 Å². The Morgan fingerprint density at radius 2 is 1.90 bits per heavy atom. The van der Waals surface area contributed by atoms with E-state index in [9.17, 15) is 18.0 Å². The number of carbonyl (C=O) groups excluding carboxylic acids is 1. The molecule has 3 aromatic heterocycles. The van der Waals surface area contributed by atoms with Gasteiger partial charge in [0, 0.05) is 48.8 Å². The molecule has 4 rings (SSSR count). The van der Waals surface area contributed by atoms with E-state index in [2.05, 4.69) is 20.3 Å². The van der Waals surface area contributed by atoms with E-state index >= 15 is 0 Å². The third-order valence-electron chi connectivity index (χ3n) is 5.74. The van der Waals surface area contributed by atoms with Crippen LogP contribution in [0.1, 0.15) is 25.0 Å². The highest BCUT2D eigenvalue weighted by atomic mass is 19.4. The van der Waals surface area contributed by atoms with Crippen LogP contribution in [0.15, 0.2) is 30.7 Å². The minimum Gasteiger partial charge on any atom is -0.303 e. The lowest BCUT2D eigenvalue weighted by molar-refractivity contribution is -0.139. The number of alkyl halides is 3. The molecule has 164 valence electrons. The molecule has 3 aromatic rings. The average molecular weight is 432 g/mol. The van der Waals surface area contributed by atoms with Gasteiger partial charge in [0.25, 0.3) is 0 Å². The molecular formula is C21H23F3N6O. The quantitative estimate of drug-likeness (QED) is 0.595. The Labute approximate surface area is 177 Å². The number of ketones is 1. The van der Waals surface area contributed by atoms with Crippen LogP contribution in [0.5, 0.6) is 0 Å². The fourth-order valence-corrected chi connectivity index (χ4v) is 3.95. The Hall–Kier alpha value is -2.88. The number of piperidine rings is 1. The first-order valence-corrected chi connectivity index (χ1v) is 10.2. The number of fused-ring (bicyclic) bond motifs is 1. The van der Waals surface area contributed by atoms with Gasteiger partial charge in [0.1, 0.15) is 5.78 Å². The van der Waals surface area contributed by atoms with E-state index in [0.29, 0.717) is 31.6 Å². The van der Waals surface area contributed by atoms with Crippen molar-refractivity contribution in [2.45, 2.75) is 31.9 Å². The second-order valence-electron chi connectivity index (χ2n) is 7.96. The zero-order valence-corrected chi connectivity index (χ0v) is 17.1. The number of hydrogen-bond acceptors (Lipinski definition) is 6. The maximum absolute atomic E-state index is 12.8. The monoisotopic (exact) mass is 432 g/mol. The van der Waals surface area contributed by atoms with Crippen molar-refractivity contribution >= 4 is 16.7 Å². The van der Waals surface area contributed by atoms with Crippen LogP contribution in [-0.4, -0.2) is 61.5 Å². The Balaban J connectivity index is 1.39. The molecule has 0 aromatic carbocycles. The van der Waals surface area contributed by atoms with Crippen LogP contribution >= 0.6 is 0 Å². The number of rotatable bonds is 6. The van der Waals surface area contributed by atoms with Crippen LogP contribution in [0.3, 0.4) is 0 Å². The molecule has 0 bridgehead atoms. The number of aryl methyl sites for hydroxylation is 1. The molecular weight excluding hydrogens is 409 g/mol. The molecule has 0 N–H and O–H groups in total. The Morgan fingerprint density at radius 3 is 2.58 bits per heavy atom. The molecule has 1 aliphatic rings. The van der Waals surface area contributed by atoms with Crippen molar-refractivity contribution in [3.63, 3.8) is 0 Å². The van der Waals surface area contributed by atoms with Crippen molar-refractivity contribution < 1.29 is 18.0 Å². The predicted molar refractivity (Wildman–Crippen MR) is 108 cm³/mol. The molecule has 0 aliphatic carbocycles. The highest BCUT2D eigenvalue weighted by Gasteiger charge is 2.30. The number of carbonyl (C=O) groups is 1. The molecule has 7 nitrogen and oxygen atoms in total. The van der Waals surface area contributed by atoms with Gasteiger partial charge in [0.05, 0.1) is 30.0 Å². The number of nitrogens with zero attached hydrogens (tertiary/aromatic N) is 6. The maximum atomic E-state index is 12.8. The van der Waals surface area contributed by atoms with Gasteiger partial charge in [-0.15, -0.1) is 5.10 Å². The van der Waals surface area contributed by atoms with Gasteiger partial charge in [-0.05, 0) is 38.1 Å². The predicted octanol–water partition coefficient (Wildman–Crippen LogP) is 3.20. The zero-order chi connectivity index (χ0) is 22.0. The minimum atomic E-state index is -4.14. The summed E-state index contributed by atoms with van der Waals surface area (Å²) in [6.07, 6.45) is 1.49. The maximum Gasteiger partial charge on any atom is 0.390 e. The molecule has 0 amide bonds. The van der Waals surface area contributed by atoms with E-state index in [4.69, 9.17) is 0 Å². The fourth-order valence-electron chi connectivity index (χ4n) is 3.95. The molecule has 31 heavy (non-hydrogen) atoms. The Morgan fingerprint density at radius 1 is 1.13 bits per heavy atom. The molecule has 10 heteroatoms. The van der Waals surface area contributed by atoms with E-state index in [1.807, 2.05) is 12.1 Å². The molecule has 0 saturated carbocycles. The van der Waals surface area contributed by atoms with Gasteiger partial charge in [0.2, 0.25) is 0 Å². The largest absolute Gasteiger partial charge is 0.390 e. The standard InChI is InChI=1S/C21H23F3N6O/c1-29-19(13-27-28-29)16-8-15-9-17(25-12-18(15)26-11-16)10-20(31)14-2-5-30(6-3-14)7-4-21(22,23)24/h8-9,11-14H,2-7,10H2,1H3. The van der Waals surface area contributed by atoms with E-state index in [1.54, 1.807) is 35.2 Å². The van der Waals surface area contributed by atoms with Gasteiger partial charge in [-0.3, -0.25) is 14.8 Å². The summed E-state index contributed by atoms with van der Waals surface area (Å²) in [5, 5.41) is 8.69. The first kappa shape index (κ1) is 21.4. The molecule has 4 heterocycles. The topological polar surface area (TPSA) is 76.8 Å². The van der Waals surface area contributed by atoms with E-state index < -0.39 is 12.6 Å². The minimum absolute atomic E-state index is 0.00183. The van der Waals surface area contributed by atoms with Crippen LogP contribution in [0.4, 0.5) is 13.2 Å². The summed E-state index contributed by atoms with van der Waals surface area (Å²) in [6.45, 7) is 1.03. The molecule has 0 atom stereocenters. The molecule has 1 saturated heterocycles. The highest BCUT2D eigenvalue weighted by Crippen LogP contribution is 2.25. The average Bonchev–Trinajstić information content (AvgIpc) is 3.17. The smallest absolute Gasteiger partial charge is 0.303 e. The first-order chi connectivity index (χ1) is 14.8. The van der Waals surface area contributed by atoms with Crippen LogP contribution in [0.25, 0.3) is 22.2 Å². The van der Waals surface area contributed by atoms with Crippen molar-refractivity contribution in [3.05, 3.63) is 36.4 Å². The van der Waals surface area contributed by atoms with Crippen molar-refractivity contribution in [2.75, 3.05) is 19.6 Å². The summed E-state index contributed by atoms with van der Waals surface area (Å²) in [5.74, 6) is -0.0492. The zero-order valence-electron chi connectivity index (χ0n) is 17.1. The molecule has 1 fully saturated rings. The summed E-state index contributed by atoms with van der Waals surface area (Å²) >= 11 is 0. The van der Waals surface area contributed by atoms with E-state index in [1.165, 1.54) is 0 Å². The number of hydrogen-bond donors (Lipinski definition) is 0. The Kier molecular flexibility index (Phi) is 5.99. The summed E-state index contributed by atoms with van der Waals surface area (Å²) in [5.41, 5.74) is 3.10. The fraction of sp³-hybridized carbons (Fsp3) is 0.476. The third kappa shape index (κ3) is 5.25. The van der Waals surface area contributed by atoms with Gasteiger partial charge < -0.3 is 4.90 Å². The molecule has 0 radical (unpaired) electrons. The molecule has 0 spiro atoms. The summed E-state index contributed by atoms with van der Waals surface area (Å²) in [4.78, 5) is 23.3. The number of likely N-dealkylation sites (tertiary alicyclic amines) is 1. The third-order valence-corrected chi connectivity index (χ3v) is 5.74. The van der Waals surface area contributed by atoms with Crippen LogP contribution in [-0.2, 0) is 18.3 Å². The second kappa shape index (κ2) is 8.70. The van der Waals surface area contributed by atoms with Crippen molar-refractivity contribution in [1.82, 2.24) is 29.9 Å². The summed E-state index contributed by atoms with van der Waals surface area (Å²) < 4.78 is 38.8. The number of pyridine rings is 2. The first-order valence-electron chi connectivity index (χ1n) is 10.2. The van der Waals surface area contributed by atoms with Crippen molar-refractivity contribution in [2.24, 2.45) is 13.0 Å². The lowest BCUT2D eigenvalue weighted by Gasteiger charge is -2.31. The van der Waals surface area contributed by atoms with Crippen LogP contribution in [0, 0.1) is 5.92 Å². The lowest BCUT2D eigenvalue weighted by Crippen LogP contribution is -2.38. The number of Topliss-reactive ketones (excluding diaryl/α,β-unsaturated/α-hetero) is 1. The SMILES string of the molecule is Cn1nncc1-c1cnc2cnc(CC(=O)C3CCN(CCC(F)(F)F)CC3)cc2c1. The summed E-state index contributed by atoms with van der Waals surface area (Å²) in [6, 6.07) is 3.84. The lowest BCUT2D eigenvalue weighted by atomic mass is 9.90. The van der Waals surface area contributed by atoms with Crippen molar-refractivity contribution in [1.29, 1.82) is 0 Å². The summed E-state index contributed by atoms with van der Waals surface area (Å²) in [7, 11) is 1.80. The Bertz CT molecular complexity index is 1070. The molecule has 1 aliphatic heterocycles. The van der Waals surface area contributed by atoms with Crippen LogP contribution in [0.2, 0.25) is 0 Å². The van der Waals surface area contributed by atoms with Gasteiger partial charge >= 0.3 is 6.18 Å². The number of aromatic nitrogens is 5. The van der Waals surface area contributed by atoms with Gasteiger partial charge in [-0.2, -0.15) is 13.2 Å². The van der Waals surface area contributed by atoms with Crippen LogP contribution < -0.4 is 0 Å². The highest BCUT2D eigenvalue weighted by molar-refractivity contribution is 5.86. The van der Waals surface area contributed by atoms with Gasteiger partial charge in [-0.25, -0.2) is 4.68 Å². The van der Waals surface area contributed by atoms with Crippen molar-refractivity contribution in [3.8, 4) is 11.3 Å². The number of halogens is 3.